The Morgan fingerprint density at radius 3 is 2.57 bits per heavy atom. The van der Waals surface area contributed by atoms with E-state index in [9.17, 15) is 4.79 Å². The topological polar surface area (TPSA) is 88.6 Å². The van der Waals surface area contributed by atoms with Gasteiger partial charge in [0.2, 0.25) is 0 Å². The zero-order valence-electron chi connectivity index (χ0n) is 13.6. The van der Waals surface area contributed by atoms with Gasteiger partial charge in [0.25, 0.3) is 0 Å². The van der Waals surface area contributed by atoms with E-state index >= 15 is 0 Å². The van der Waals surface area contributed by atoms with E-state index in [-0.39, 0.29) is 5.69 Å². The molecule has 2 aromatic heterocycles. The van der Waals surface area contributed by atoms with Crippen LogP contribution in [0.4, 0.5) is 0 Å². The smallest absolute Gasteiger partial charge is 0.347 e. The minimum absolute atomic E-state index is 0.257. The molecule has 0 saturated carbocycles. The van der Waals surface area contributed by atoms with E-state index in [0.29, 0.717) is 12.2 Å². The summed E-state index contributed by atoms with van der Waals surface area (Å²) in [7, 11) is 1.62. The van der Waals surface area contributed by atoms with Crippen LogP contribution in [0.25, 0.3) is 5.69 Å². The first-order valence-electron chi connectivity index (χ1n) is 7.33. The molecule has 0 bridgehead atoms. The molecule has 0 fully saturated rings. The number of benzene rings is 1. The summed E-state index contributed by atoms with van der Waals surface area (Å²) in [5.74, 6) is 1.40. The van der Waals surface area contributed by atoms with Crippen LogP contribution in [0.5, 0.6) is 5.75 Å². The number of hydrogen-bond donors (Lipinski definition) is 2. The van der Waals surface area contributed by atoms with Crippen LogP contribution in [0, 0.1) is 20.8 Å². The molecule has 120 valence electrons. The minimum Gasteiger partial charge on any atom is -0.497 e. The fourth-order valence-corrected chi connectivity index (χ4v) is 2.70. The number of aromatic amines is 2. The van der Waals surface area contributed by atoms with E-state index in [1.54, 1.807) is 11.7 Å². The van der Waals surface area contributed by atoms with Crippen LogP contribution in [0.2, 0.25) is 0 Å². The summed E-state index contributed by atoms with van der Waals surface area (Å²) in [5.41, 5.74) is 4.42. The Morgan fingerprint density at radius 2 is 1.96 bits per heavy atom. The van der Waals surface area contributed by atoms with Crippen molar-refractivity contribution in [3.63, 3.8) is 0 Å². The molecule has 3 aromatic rings. The second kappa shape index (κ2) is 5.75. The number of rotatable bonds is 4. The number of hydrogen-bond acceptors (Lipinski definition) is 4. The molecule has 0 radical (unpaired) electrons. The van der Waals surface area contributed by atoms with Crippen LogP contribution in [0.15, 0.2) is 23.0 Å². The third kappa shape index (κ3) is 2.65. The third-order valence-corrected chi connectivity index (χ3v) is 4.00. The lowest BCUT2D eigenvalue weighted by Gasteiger charge is -2.10. The minimum atomic E-state index is -0.257. The number of methoxy groups -OCH3 is 1. The van der Waals surface area contributed by atoms with Crippen molar-refractivity contribution < 1.29 is 4.74 Å². The molecule has 0 spiro atoms. The molecule has 2 N–H and O–H groups in total. The largest absolute Gasteiger partial charge is 0.497 e. The van der Waals surface area contributed by atoms with Crippen molar-refractivity contribution in [1.29, 1.82) is 0 Å². The van der Waals surface area contributed by atoms with Gasteiger partial charge in [0.15, 0.2) is 0 Å². The molecular weight excluding hydrogens is 294 g/mol. The highest BCUT2D eigenvalue weighted by Crippen LogP contribution is 2.21. The van der Waals surface area contributed by atoms with Crippen molar-refractivity contribution in [2.45, 2.75) is 27.2 Å². The van der Waals surface area contributed by atoms with E-state index in [4.69, 9.17) is 4.74 Å². The Labute approximate surface area is 133 Å². The van der Waals surface area contributed by atoms with Gasteiger partial charge >= 0.3 is 5.69 Å². The summed E-state index contributed by atoms with van der Waals surface area (Å²) < 4.78 is 6.82. The SMILES string of the molecule is COc1ccc(-n2c(Cc3c(C)n[nH]c3C)n[nH]c2=O)c(C)c1. The van der Waals surface area contributed by atoms with Crippen LogP contribution < -0.4 is 10.4 Å². The molecular formula is C16H19N5O2. The molecule has 7 nitrogen and oxygen atoms in total. The fraction of sp³-hybridized carbons (Fsp3) is 0.312. The highest BCUT2D eigenvalue weighted by Gasteiger charge is 2.16. The molecule has 23 heavy (non-hydrogen) atoms. The average Bonchev–Trinajstić information content (AvgIpc) is 3.05. The second-order valence-electron chi connectivity index (χ2n) is 5.52. The predicted molar refractivity (Wildman–Crippen MR) is 86.3 cm³/mol. The fourth-order valence-electron chi connectivity index (χ4n) is 2.70. The molecule has 0 saturated heterocycles. The van der Waals surface area contributed by atoms with Crippen molar-refractivity contribution in [2.75, 3.05) is 7.11 Å². The van der Waals surface area contributed by atoms with Crippen LogP contribution in [0.3, 0.4) is 0 Å². The molecule has 1 aromatic carbocycles. The van der Waals surface area contributed by atoms with Crippen molar-refractivity contribution in [3.05, 3.63) is 57.0 Å². The van der Waals surface area contributed by atoms with Gasteiger partial charge < -0.3 is 4.74 Å². The monoisotopic (exact) mass is 313 g/mol. The maximum Gasteiger partial charge on any atom is 0.347 e. The molecule has 7 heteroatoms. The van der Waals surface area contributed by atoms with E-state index in [1.807, 2.05) is 39.0 Å². The lowest BCUT2D eigenvalue weighted by Crippen LogP contribution is -2.18. The quantitative estimate of drug-likeness (QED) is 0.769. The summed E-state index contributed by atoms with van der Waals surface area (Å²) in [6, 6.07) is 5.59. The van der Waals surface area contributed by atoms with Gasteiger partial charge in [-0.3, -0.25) is 5.10 Å². The third-order valence-electron chi connectivity index (χ3n) is 4.00. The van der Waals surface area contributed by atoms with E-state index in [0.717, 1.165) is 34.0 Å². The van der Waals surface area contributed by atoms with Crippen LogP contribution >= 0.6 is 0 Å². The lowest BCUT2D eigenvalue weighted by atomic mass is 10.1. The van der Waals surface area contributed by atoms with Gasteiger partial charge in [-0.2, -0.15) is 10.2 Å². The highest BCUT2D eigenvalue weighted by atomic mass is 16.5. The molecule has 2 heterocycles. The lowest BCUT2D eigenvalue weighted by molar-refractivity contribution is 0.414. The molecule has 0 aliphatic carbocycles. The highest BCUT2D eigenvalue weighted by molar-refractivity contribution is 5.46. The number of aromatic nitrogens is 5. The summed E-state index contributed by atoms with van der Waals surface area (Å²) in [6.45, 7) is 5.84. The Morgan fingerprint density at radius 1 is 1.17 bits per heavy atom. The number of nitrogens with zero attached hydrogens (tertiary/aromatic N) is 3. The Kier molecular flexibility index (Phi) is 3.77. The normalized spacial score (nSPS) is 11.0. The Hall–Kier alpha value is -2.83. The molecule has 0 aliphatic heterocycles. The first-order chi connectivity index (χ1) is 11.0. The number of H-pyrrole nitrogens is 2. The first-order valence-corrected chi connectivity index (χ1v) is 7.33. The van der Waals surface area contributed by atoms with Crippen molar-refractivity contribution in [3.8, 4) is 11.4 Å². The van der Waals surface area contributed by atoms with Crippen LogP contribution in [-0.4, -0.2) is 32.1 Å². The molecule has 0 aliphatic rings. The van der Waals surface area contributed by atoms with Crippen molar-refractivity contribution in [2.24, 2.45) is 0 Å². The Balaban J connectivity index is 2.08. The van der Waals surface area contributed by atoms with E-state index in [1.165, 1.54) is 0 Å². The van der Waals surface area contributed by atoms with Crippen LogP contribution in [-0.2, 0) is 6.42 Å². The maximum absolute atomic E-state index is 12.2. The summed E-state index contributed by atoms with van der Waals surface area (Å²) in [5, 5.41) is 13.9. The zero-order valence-corrected chi connectivity index (χ0v) is 13.6. The average molecular weight is 313 g/mol. The van der Waals surface area contributed by atoms with Gasteiger partial charge in [-0.15, -0.1) is 0 Å². The standard InChI is InChI=1S/C16H19N5O2/c1-9-7-12(23-4)5-6-14(9)21-15(19-20-16(21)22)8-13-10(2)17-18-11(13)3/h5-7H,8H2,1-4H3,(H,17,18)(H,20,22). The number of nitrogens with one attached hydrogen (secondary N) is 2. The van der Waals surface area contributed by atoms with Crippen LogP contribution in [0.1, 0.15) is 28.3 Å². The van der Waals surface area contributed by atoms with Gasteiger partial charge in [-0.25, -0.2) is 14.5 Å². The zero-order chi connectivity index (χ0) is 16.6. The molecule has 3 rings (SSSR count). The van der Waals surface area contributed by atoms with E-state index < -0.39 is 0 Å². The molecule has 0 atom stereocenters. The van der Waals surface area contributed by atoms with Gasteiger partial charge in [-0.1, -0.05) is 0 Å². The number of aryl methyl sites for hydroxylation is 3. The van der Waals surface area contributed by atoms with Gasteiger partial charge in [0.1, 0.15) is 11.6 Å². The summed E-state index contributed by atoms with van der Waals surface area (Å²) in [4.78, 5) is 12.2. The van der Waals surface area contributed by atoms with Gasteiger partial charge in [0.05, 0.1) is 18.5 Å². The second-order valence-corrected chi connectivity index (χ2v) is 5.52. The van der Waals surface area contributed by atoms with Crippen molar-refractivity contribution >= 4 is 0 Å². The van der Waals surface area contributed by atoms with Gasteiger partial charge in [-0.05, 0) is 44.5 Å². The first kappa shape index (κ1) is 15.1. The Bertz CT molecular complexity index is 884. The van der Waals surface area contributed by atoms with Gasteiger partial charge in [0, 0.05) is 17.7 Å². The number of ether oxygens (including phenoxy) is 1. The molecule has 0 unspecified atom stereocenters. The molecule has 0 amide bonds. The van der Waals surface area contributed by atoms with E-state index in [2.05, 4.69) is 20.4 Å². The van der Waals surface area contributed by atoms with Crippen molar-refractivity contribution in [1.82, 2.24) is 25.0 Å². The maximum atomic E-state index is 12.2. The predicted octanol–water partition coefficient (Wildman–Crippen LogP) is 1.81. The summed E-state index contributed by atoms with van der Waals surface area (Å²) >= 11 is 0. The summed E-state index contributed by atoms with van der Waals surface area (Å²) in [6.07, 6.45) is 0.526.